The smallest absolute Gasteiger partial charge is 0.281 e. The van der Waals surface area contributed by atoms with Crippen molar-refractivity contribution in [2.24, 2.45) is 0 Å². The maximum atomic E-state index is 12.5. The van der Waals surface area contributed by atoms with Crippen LogP contribution in [0.1, 0.15) is 33.6 Å². The third-order valence-corrected chi connectivity index (χ3v) is 5.43. The summed E-state index contributed by atoms with van der Waals surface area (Å²) in [7, 11) is -1.69. The number of ether oxygens (including phenoxy) is 1. The summed E-state index contributed by atoms with van der Waals surface area (Å²) in [5.41, 5.74) is 0. The first-order valence-electron chi connectivity index (χ1n) is 7.44. The van der Waals surface area contributed by atoms with Crippen LogP contribution in [0.3, 0.4) is 0 Å². The highest BCUT2D eigenvalue weighted by molar-refractivity contribution is 7.86. The Morgan fingerprint density at radius 1 is 1.45 bits per heavy atom. The number of morpholine rings is 1. The molecule has 7 heteroatoms. The molecule has 20 heavy (non-hydrogen) atoms. The fourth-order valence-corrected chi connectivity index (χ4v) is 3.57. The summed E-state index contributed by atoms with van der Waals surface area (Å²) in [5, 5.41) is 3.29. The first kappa shape index (κ1) is 17.8. The maximum Gasteiger partial charge on any atom is 0.281 e. The molecular formula is C13H29N3O3S. The minimum atomic E-state index is -3.35. The lowest BCUT2D eigenvalue weighted by Gasteiger charge is -2.34. The van der Waals surface area contributed by atoms with Crippen LogP contribution in [0.2, 0.25) is 0 Å². The lowest BCUT2D eigenvalue weighted by atomic mass is 10.2. The Hall–Kier alpha value is -0.210. The number of rotatable bonds is 8. The highest BCUT2D eigenvalue weighted by Crippen LogP contribution is 2.14. The van der Waals surface area contributed by atoms with Gasteiger partial charge in [0.25, 0.3) is 10.2 Å². The molecule has 1 atom stereocenters. The molecule has 0 aromatic carbocycles. The molecule has 120 valence electrons. The van der Waals surface area contributed by atoms with E-state index in [9.17, 15) is 8.42 Å². The molecular weight excluding hydrogens is 278 g/mol. The summed E-state index contributed by atoms with van der Waals surface area (Å²) in [5.74, 6) is 0. The van der Waals surface area contributed by atoms with Gasteiger partial charge in [-0.05, 0) is 19.4 Å². The molecule has 1 unspecified atom stereocenters. The molecule has 0 bridgehead atoms. The van der Waals surface area contributed by atoms with Gasteiger partial charge in [-0.1, -0.05) is 20.8 Å². The SMILES string of the molecule is CCC1CN(S(=O)(=O)N(C)CCCNC(C)C)CCO1. The Kier molecular flexibility index (Phi) is 7.39. The minimum absolute atomic E-state index is 0.0227. The Morgan fingerprint density at radius 2 is 2.15 bits per heavy atom. The van der Waals surface area contributed by atoms with E-state index in [0.717, 1.165) is 19.4 Å². The predicted octanol–water partition coefficient (Wildman–Crippen LogP) is 0.662. The van der Waals surface area contributed by atoms with Crippen LogP contribution in [0.25, 0.3) is 0 Å². The molecule has 1 rings (SSSR count). The van der Waals surface area contributed by atoms with Crippen LogP contribution in [0.15, 0.2) is 0 Å². The normalized spacial score (nSPS) is 21.8. The fourth-order valence-electron chi connectivity index (χ4n) is 2.15. The largest absolute Gasteiger partial charge is 0.375 e. The second-order valence-electron chi connectivity index (χ2n) is 5.55. The Balaban J connectivity index is 2.45. The quantitative estimate of drug-likeness (QED) is 0.669. The zero-order valence-corrected chi connectivity index (χ0v) is 13.9. The molecule has 1 aliphatic rings. The van der Waals surface area contributed by atoms with Crippen molar-refractivity contribution in [2.75, 3.05) is 39.8 Å². The van der Waals surface area contributed by atoms with E-state index in [-0.39, 0.29) is 6.10 Å². The zero-order chi connectivity index (χ0) is 15.2. The Bertz CT molecular complexity index is 373. The van der Waals surface area contributed by atoms with E-state index in [1.54, 1.807) is 11.4 Å². The van der Waals surface area contributed by atoms with Gasteiger partial charge in [0.05, 0.1) is 12.7 Å². The molecule has 0 aromatic heterocycles. The van der Waals surface area contributed by atoms with Crippen molar-refractivity contribution < 1.29 is 13.2 Å². The molecule has 1 heterocycles. The zero-order valence-electron chi connectivity index (χ0n) is 13.1. The van der Waals surface area contributed by atoms with Crippen LogP contribution < -0.4 is 5.32 Å². The Morgan fingerprint density at radius 3 is 2.75 bits per heavy atom. The molecule has 6 nitrogen and oxygen atoms in total. The van der Waals surface area contributed by atoms with Gasteiger partial charge < -0.3 is 10.1 Å². The maximum absolute atomic E-state index is 12.5. The van der Waals surface area contributed by atoms with Gasteiger partial charge in [0.1, 0.15) is 0 Å². The van der Waals surface area contributed by atoms with Crippen LogP contribution in [-0.2, 0) is 14.9 Å². The van der Waals surface area contributed by atoms with Crippen molar-refractivity contribution in [2.45, 2.75) is 45.8 Å². The van der Waals surface area contributed by atoms with Gasteiger partial charge in [-0.2, -0.15) is 17.0 Å². The summed E-state index contributed by atoms with van der Waals surface area (Å²) >= 11 is 0. The topological polar surface area (TPSA) is 61.9 Å². The monoisotopic (exact) mass is 307 g/mol. The van der Waals surface area contributed by atoms with Crippen molar-refractivity contribution in [1.29, 1.82) is 0 Å². The van der Waals surface area contributed by atoms with Gasteiger partial charge in [0.15, 0.2) is 0 Å². The van der Waals surface area contributed by atoms with Crippen LogP contribution in [-0.4, -0.2) is 69.0 Å². The van der Waals surface area contributed by atoms with E-state index in [4.69, 9.17) is 4.74 Å². The minimum Gasteiger partial charge on any atom is -0.375 e. The summed E-state index contributed by atoms with van der Waals surface area (Å²) < 4.78 is 33.4. The summed E-state index contributed by atoms with van der Waals surface area (Å²) in [4.78, 5) is 0. The van der Waals surface area contributed by atoms with Gasteiger partial charge in [-0.25, -0.2) is 0 Å². The van der Waals surface area contributed by atoms with E-state index in [1.807, 2.05) is 6.92 Å². The van der Waals surface area contributed by atoms with E-state index in [1.165, 1.54) is 4.31 Å². The number of nitrogens with zero attached hydrogens (tertiary/aromatic N) is 2. The molecule has 0 aliphatic carbocycles. The van der Waals surface area contributed by atoms with Crippen molar-refractivity contribution >= 4 is 10.2 Å². The molecule has 0 spiro atoms. The van der Waals surface area contributed by atoms with E-state index < -0.39 is 10.2 Å². The van der Waals surface area contributed by atoms with Crippen molar-refractivity contribution in [1.82, 2.24) is 13.9 Å². The van der Waals surface area contributed by atoms with Crippen molar-refractivity contribution in [3.05, 3.63) is 0 Å². The molecule has 0 radical (unpaired) electrons. The van der Waals surface area contributed by atoms with Gasteiger partial charge in [-0.15, -0.1) is 0 Å². The van der Waals surface area contributed by atoms with Gasteiger partial charge in [0.2, 0.25) is 0 Å². The van der Waals surface area contributed by atoms with E-state index >= 15 is 0 Å². The summed E-state index contributed by atoms with van der Waals surface area (Å²) in [6, 6.07) is 0.432. The molecule has 1 fully saturated rings. The average Bonchev–Trinajstić information content (AvgIpc) is 2.43. The lowest BCUT2D eigenvalue weighted by Crippen LogP contribution is -2.50. The second kappa shape index (κ2) is 8.29. The molecule has 1 aliphatic heterocycles. The van der Waals surface area contributed by atoms with Gasteiger partial charge in [0, 0.05) is 32.7 Å². The lowest BCUT2D eigenvalue weighted by molar-refractivity contribution is -0.00427. The molecule has 0 amide bonds. The first-order valence-corrected chi connectivity index (χ1v) is 8.84. The van der Waals surface area contributed by atoms with Crippen LogP contribution in [0.5, 0.6) is 0 Å². The van der Waals surface area contributed by atoms with Crippen LogP contribution >= 0.6 is 0 Å². The molecule has 1 N–H and O–H groups in total. The van der Waals surface area contributed by atoms with Gasteiger partial charge >= 0.3 is 0 Å². The number of nitrogens with one attached hydrogen (secondary N) is 1. The third-order valence-electron chi connectivity index (χ3n) is 3.48. The molecule has 0 saturated carbocycles. The van der Waals surface area contributed by atoms with Crippen molar-refractivity contribution in [3.8, 4) is 0 Å². The highest BCUT2D eigenvalue weighted by Gasteiger charge is 2.31. The third kappa shape index (κ3) is 5.29. The van der Waals surface area contributed by atoms with Crippen molar-refractivity contribution in [3.63, 3.8) is 0 Å². The van der Waals surface area contributed by atoms with E-state index in [2.05, 4.69) is 19.2 Å². The predicted molar refractivity (Wildman–Crippen MR) is 80.9 cm³/mol. The summed E-state index contributed by atoms with van der Waals surface area (Å²) in [6.45, 7) is 8.95. The molecule has 0 aromatic rings. The fraction of sp³-hybridized carbons (Fsp3) is 1.00. The first-order chi connectivity index (χ1) is 9.37. The van der Waals surface area contributed by atoms with Crippen LogP contribution in [0, 0.1) is 0 Å². The number of hydrogen-bond acceptors (Lipinski definition) is 4. The second-order valence-corrected chi connectivity index (χ2v) is 7.59. The molecule has 1 saturated heterocycles. The van der Waals surface area contributed by atoms with Gasteiger partial charge in [-0.3, -0.25) is 0 Å². The highest BCUT2D eigenvalue weighted by atomic mass is 32.2. The number of hydrogen-bond donors (Lipinski definition) is 1. The Labute approximate surface area is 123 Å². The average molecular weight is 307 g/mol. The van der Waals surface area contributed by atoms with Crippen LogP contribution in [0.4, 0.5) is 0 Å². The van der Waals surface area contributed by atoms with E-state index in [0.29, 0.717) is 32.3 Å². The summed E-state index contributed by atoms with van der Waals surface area (Å²) in [6.07, 6.45) is 1.68. The standard InChI is InChI=1S/C13H29N3O3S/c1-5-13-11-16(9-10-19-13)20(17,18)15(4)8-6-7-14-12(2)3/h12-14H,5-11H2,1-4H3.